The lowest BCUT2D eigenvalue weighted by Gasteiger charge is -2.39. The van der Waals surface area contributed by atoms with Crippen molar-refractivity contribution in [2.45, 2.75) is 45.1 Å². The zero-order chi connectivity index (χ0) is 15.4. The Bertz CT molecular complexity index is 477. The van der Waals surface area contributed by atoms with E-state index in [9.17, 15) is 0 Å². The first-order valence-electron chi connectivity index (χ1n) is 8.71. The van der Waals surface area contributed by atoms with Crippen molar-refractivity contribution < 1.29 is 0 Å². The molecule has 5 heteroatoms. The molecule has 5 nitrogen and oxygen atoms in total. The number of aromatic nitrogens is 2. The van der Waals surface area contributed by atoms with Gasteiger partial charge in [0.15, 0.2) is 5.96 Å². The molecule has 1 saturated carbocycles. The molecule has 2 aliphatic rings. The second-order valence-electron chi connectivity index (χ2n) is 6.85. The number of hydrogen-bond acceptors (Lipinski definition) is 2. The average molecular weight is 303 g/mol. The molecule has 1 aromatic rings. The van der Waals surface area contributed by atoms with Crippen LogP contribution in [0.1, 0.15) is 45.1 Å². The highest BCUT2D eigenvalue weighted by Crippen LogP contribution is 2.33. The van der Waals surface area contributed by atoms with Gasteiger partial charge in [-0.1, -0.05) is 19.8 Å². The van der Waals surface area contributed by atoms with E-state index >= 15 is 0 Å². The van der Waals surface area contributed by atoms with Gasteiger partial charge in [-0.05, 0) is 31.1 Å². The van der Waals surface area contributed by atoms with Crippen LogP contribution in [0.3, 0.4) is 0 Å². The van der Waals surface area contributed by atoms with E-state index in [1.54, 1.807) is 0 Å². The minimum absolute atomic E-state index is 0.487. The summed E-state index contributed by atoms with van der Waals surface area (Å²) in [6.07, 6.45) is 12.6. The summed E-state index contributed by atoms with van der Waals surface area (Å²) < 4.78 is 2.25. The summed E-state index contributed by atoms with van der Waals surface area (Å²) in [5.41, 5.74) is 0. The van der Waals surface area contributed by atoms with Crippen LogP contribution in [0.15, 0.2) is 23.7 Å². The average Bonchev–Trinajstić information content (AvgIpc) is 3.20. The smallest absolute Gasteiger partial charge is 0.193 e. The van der Waals surface area contributed by atoms with Crippen LogP contribution in [-0.2, 0) is 0 Å². The zero-order valence-corrected chi connectivity index (χ0v) is 13.9. The SMILES string of the molecule is CN=C(NCCCC1CC1)N1CCC(C)C(n2ccnc2)C1. The summed E-state index contributed by atoms with van der Waals surface area (Å²) in [4.78, 5) is 11.1. The molecule has 0 spiro atoms. The fourth-order valence-electron chi connectivity index (χ4n) is 3.42. The summed E-state index contributed by atoms with van der Waals surface area (Å²) in [6.45, 7) is 5.49. The van der Waals surface area contributed by atoms with Gasteiger partial charge in [0.05, 0.1) is 12.4 Å². The molecule has 2 atom stereocenters. The molecule has 22 heavy (non-hydrogen) atoms. The molecule has 0 amide bonds. The lowest BCUT2D eigenvalue weighted by molar-refractivity contribution is 0.189. The highest BCUT2D eigenvalue weighted by atomic mass is 15.3. The number of piperidine rings is 1. The van der Waals surface area contributed by atoms with Crippen molar-refractivity contribution in [3.8, 4) is 0 Å². The molecule has 1 aliphatic carbocycles. The first-order chi connectivity index (χ1) is 10.8. The van der Waals surface area contributed by atoms with E-state index in [-0.39, 0.29) is 0 Å². The summed E-state index contributed by atoms with van der Waals surface area (Å²) in [7, 11) is 1.90. The minimum atomic E-state index is 0.487. The van der Waals surface area contributed by atoms with E-state index in [2.05, 4.69) is 37.9 Å². The Morgan fingerprint density at radius 2 is 2.23 bits per heavy atom. The molecule has 3 rings (SSSR count). The summed E-state index contributed by atoms with van der Waals surface area (Å²) in [5, 5.41) is 3.55. The number of likely N-dealkylation sites (tertiary alicyclic amines) is 1. The fourth-order valence-corrected chi connectivity index (χ4v) is 3.42. The molecule has 1 aromatic heterocycles. The monoisotopic (exact) mass is 303 g/mol. The first kappa shape index (κ1) is 15.4. The van der Waals surface area contributed by atoms with Crippen molar-refractivity contribution in [2.75, 3.05) is 26.7 Å². The van der Waals surface area contributed by atoms with Crippen molar-refractivity contribution in [3.05, 3.63) is 18.7 Å². The van der Waals surface area contributed by atoms with Crippen LogP contribution in [0, 0.1) is 11.8 Å². The lowest BCUT2D eigenvalue weighted by atomic mass is 9.93. The van der Waals surface area contributed by atoms with Crippen LogP contribution >= 0.6 is 0 Å². The maximum absolute atomic E-state index is 4.49. The topological polar surface area (TPSA) is 45.5 Å². The number of rotatable bonds is 5. The van der Waals surface area contributed by atoms with Crippen LogP contribution < -0.4 is 5.32 Å². The summed E-state index contributed by atoms with van der Waals surface area (Å²) in [5.74, 6) is 2.76. The van der Waals surface area contributed by atoms with Crippen molar-refractivity contribution in [2.24, 2.45) is 16.8 Å². The highest BCUT2D eigenvalue weighted by Gasteiger charge is 2.28. The van der Waals surface area contributed by atoms with Crippen LogP contribution in [0.4, 0.5) is 0 Å². The van der Waals surface area contributed by atoms with Crippen LogP contribution in [0.25, 0.3) is 0 Å². The van der Waals surface area contributed by atoms with E-state index < -0.39 is 0 Å². The van der Waals surface area contributed by atoms with E-state index in [0.29, 0.717) is 12.0 Å². The highest BCUT2D eigenvalue weighted by molar-refractivity contribution is 5.80. The third kappa shape index (κ3) is 3.81. The van der Waals surface area contributed by atoms with Gasteiger partial charge in [-0.3, -0.25) is 4.99 Å². The molecule has 0 radical (unpaired) electrons. The number of imidazole rings is 1. The molecule has 2 heterocycles. The van der Waals surface area contributed by atoms with Gasteiger partial charge in [0.1, 0.15) is 0 Å². The molecule has 0 bridgehead atoms. The number of nitrogens with one attached hydrogen (secondary N) is 1. The molecule has 1 saturated heterocycles. The minimum Gasteiger partial charge on any atom is -0.356 e. The van der Waals surface area contributed by atoms with E-state index in [0.717, 1.165) is 31.5 Å². The number of aliphatic imine (C=N–C) groups is 1. The molecular weight excluding hydrogens is 274 g/mol. The Kier molecular flexibility index (Phi) is 5.01. The van der Waals surface area contributed by atoms with Gasteiger partial charge in [0.25, 0.3) is 0 Å². The van der Waals surface area contributed by atoms with E-state index in [4.69, 9.17) is 0 Å². The Hall–Kier alpha value is -1.52. The van der Waals surface area contributed by atoms with Crippen molar-refractivity contribution >= 4 is 5.96 Å². The standard InChI is InChI=1S/C17H29N5/c1-14-7-10-21(12-16(14)22-11-9-19-13-22)17(18-2)20-8-3-4-15-5-6-15/h9,11,13-16H,3-8,10,12H2,1-2H3,(H,18,20). The fraction of sp³-hybridized carbons (Fsp3) is 0.765. The molecule has 0 aromatic carbocycles. The van der Waals surface area contributed by atoms with Gasteiger partial charge in [0, 0.05) is 39.1 Å². The lowest BCUT2D eigenvalue weighted by Crippen LogP contribution is -2.49. The molecule has 2 fully saturated rings. The Balaban J connectivity index is 1.52. The normalized spacial score (nSPS) is 26.3. The number of nitrogens with zero attached hydrogens (tertiary/aromatic N) is 4. The summed E-state index contributed by atoms with van der Waals surface area (Å²) >= 11 is 0. The largest absolute Gasteiger partial charge is 0.356 e. The third-order valence-electron chi connectivity index (χ3n) is 5.11. The zero-order valence-electron chi connectivity index (χ0n) is 13.9. The van der Waals surface area contributed by atoms with Gasteiger partial charge in [-0.2, -0.15) is 0 Å². The molecule has 1 aliphatic heterocycles. The number of hydrogen-bond donors (Lipinski definition) is 1. The molecular formula is C17H29N5. The molecule has 122 valence electrons. The molecule has 1 N–H and O–H groups in total. The van der Waals surface area contributed by atoms with Gasteiger partial charge in [-0.25, -0.2) is 4.98 Å². The maximum atomic E-state index is 4.49. The van der Waals surface area contributed by atoms with E-state index in [1.807, 2.05) is 19.6 Å². The summed E-state index contributed by atoms with van der Waals surface area (Å²) in [6, 6.07) is 0.487. The maximum Gasteiger partial charge on any atom is 0.193 e. The second kappa shape index (κ2) is 7.16. The Morgan fingerprint density at radius 3 is 2.91 bits per heavy atom. The molecule has 2 unspecified atom stereocenters. The van der Waals surface area contributed by atoms with Crippen LogP contribution in [-0.4, -0.2) is 47.1 Å². The van der Waals surface area contributed by atoms with Gasteiger partial charge < -0.3 is 14.8 Å². The van der Waals surface area contributed by atoms with Crippen LogP contribution in [0.2, 0.25) is 0 Å². The van der Waals surface area contributed by atoms with Crippen molar-refractivity contribution in [1.82, 2.24) is 19.8 Å². The number of guanidine groups is 1. The second-order valence-corrected chi connectivity index (χ2v) is 6.85. The van der Waals surface area contributed by atoms with Crippen molar-refractivity contribution in [3.63, 3.8) is 0 Å². The Labute approximate surface area is 133 Å². The predicted molar refractivity (Wildman–Crippen MR) is 89.9 cm³/mol. The quantitative estimate of drug-likeness (QED) is 0.516. The van der Waals surface area contributed by atoms with E-state index in [1.165, 1.54) is 32.1 Å². The van der Waals surface area contributed by atoms with Gasteiger partial charge in [-0.15, -0.1) is 0 Å². The van der Waals surface area contributed by atoms with Crippen LogP contribution in [0.5, 0.6) is 0 Å². The predicted octanol–water partition coefficient (Wildman–Crippen LogP) is 2.53. The van der Waals surface area contributed by atoms with Crippen molar-refractivity contribution in [1.29, 1.82) is 0 Å². The third-order valence-corrected chi connectivity index (χ3v) is 5.11. The Morgan fingerprint density at radius 1 is 1.36 bits per heavy atom. The van der Waals surface area contributed by atoms with Gasteiger partial charge in [0.2, 0.25) is 0 Å². The van der Waals surface area contributed by atoms with Gasteiger partial charge >= 0.3 is 0 Å². The first-order valence-corrected chi connectivity index (χ1v) is 8.71.